The van der Waals surface area contributed by atoms with Crippen LogP contribution in [0.5, 0.6) is 5.88 Å². The van der Waals surface area contributed by atoms with E-state index in [1.807, 2.05) is 18.7 Å². The van der Waals surface area contributed by atoms with Gasteiger partial charge >= 0.3 is 0 Å². The summed E-state index contributed by atoms with van der Waals surface area (Å²) in [5, 5.41) is 0. The highest BCUT2D eigenvalue weighted by molar-refractivity contribution is 14.0. The molecule has 2 N–H and O–H groups in total. The molecule has 8 heteroatoms. The third-order valence-corrected chi connectivity index (χ3v) is 2.67. The summed E-state index contributed by atoms with van der Waals surface area (Å²) in [6, 6.07) is 3.33. The number of ether oxygens (including phenoxy) is 1. The van der Waals surface area contributed by atoms with Gasteiger partial charge in [-0.25, -0.2) is 18.8 Å². The second-order valence-electron chi connectivity index (χ2n) is 4.05. The van der Waals surface area contributed by atoms with Gasteiger partial charge in [-0.15, -0.1) is 24.0 Å². The fourth-order valence-electron chi connectivity index (χ4n) is 1.60. The van der Waals surface area contributed by atoms with Crippen LogP contribution in [0.3, 0.4) is 0 Å². The second kappa shape index (κ2) is 10.5. The number of nitrogens with two attached hydrogens (primary N) is 1. The Hall–Kier alpha value is -1.19. The van der Waals surface area contributed by atoms with Crippen molar-refractivity contribution in [3.63, 3.8) is 0 Å². The summed E-state index contributed by atoms with van der Waals surface area (Å²) in [7, 11) is 0. The molecule has 0 aliphatic rings. The number of nitrogens with zero attached hydrogens (tertiary/aromatic N) is 3. The van der Waals surface area contributed by atoms with E-state index in [0.29, 0.717) is 12.5 Å². The first-order valence-electron chi connectivity index (χ1n) is 6.47. The Kier molecular flexibility index (Phi) is 9.93. The molecule has 0 unspecified atom stereocenters. The lowest BCUT2D eigenvalue weighted by atomic mass is 10.3. The molecular weight excluding hydrogens is 393 g/mol. The molecule has 0 spiro atoms. The first-order chi connectivity index (χ1) is 9.56. The topological polar surface area (TPSA) is 63.7 Å². The van der Waals surface area contributed by atoms with Crippen molar-refractivity contribution in [2.45, 2.75) is 26.8 Å². The number of hydrogen-bond acceptors (Lipinski definition) is 3. The van der Waals surface area contributed by atoms with Gasteiger partial charge in [-0.1, -0.05) is 0 Å². The van der Waals surface area contributed by atoms with Crippen LogP contribution in [0.25, 0.3) is 0 Å². The van der Waals surface area contributed by atoms with E-state index in [2.05, 4.69) is 9.98 Å². The van der Waals surface area contributed by atoms with Crippen LogP contribution in [-0.2, 0) is 6.54 Å². The van der Waals surface area contributed by atoms with Crippen molar-refractivity contribution < 1.29 is 13.5 Å². The summed E-state index contributed by atoms with van der Waals surface area (Å²) in [5.41, 5.74) is 6.66. The first-order valence-corrected chi connectivity index (χ1v) is 6.47. The van der Waals surface area contributed by atoms with Crippen LogP contribution in [0.2, 0.25) is 0 Å². The van der Waals surface area contributed by atoms with Gasteiger partial charge in [-0.2, -0.15) is 0 Å². The van der Waals surface area contributed by atoms with Crippen LogP contribution in [0.1, 0.15) is 19.4 Å². The molecule has 0 fully saturated rings. The highest BCUT2D eigenvalue weighted by atomic mass is 127. The quantitative estimate of drug-likeness (QED) is 0.423. The molecule has 0 saturated heterocycles. The van der Waals surface area contributed by atoms with Gasteiger partial charge in [0.05, 0.1) is 6.54 Å². The van der Waals surface area contributed by atoms with E-state index in [-0.39, 0.29) is 29.9 Å². The predicted octanol–water partition coefficient (Wildman–Crippen LogP) is 2.50. The minimum atomic E-state index is -2.52. The number of alkyl halides is 2. The summed E-state index contributed by atoms with van der Waals surface area (Å²) in [5.74, 6) is 0.626. The van der Waals surface area contributed by atoms with Gasteiger partial charge in [0, 0.05) is 25.4 Å². The van der Waals surface area contributed by atoms with E-state index in [0.717, 1.165) is 18.7 Å². The molecule has 1 heterocycles. The molecule has 1 rings (SSSR count). The number of rotatable bonds is 7. The van der Waals surface area contributed by atoms with Crippen molar-refractivity contribution >= 4 is 29.9 Å². The molecule has 0 atom stereocenters. The lowest BCUT2D eigenvalue weighted by Gasteiger charge is -2.19. The van der Waals surface area contributed by atoms with E-state index in [9.17, 15) is 8.78 Å². The molecule has 1 aromatic rings. The zero-order valence-electron chi connectivity index (χ0n) is 12.1. The standard InChI is InChI=1S/C13H20F2N4O.HI/c1-3-19(4-2)13(16)18-8-10-5-6-17-12(7-10)20-9-11(14)15;/h5-7,11H,3-4,8-9H2,1-2H3,(H2,16,18);1H. The molecular formula is C13H21F2IN4O. The Balaban J connectivity index is 0.00000400. The number of hydrogen-bond donors (Lipinski definition) is 1. The highest BCUT2D eigenvalue weighted by Gasteiger charge is 2.05. The molecule has 0 radical (unpaired) electrons. The van der Waals surface area contributed by atoms with Gasteiger partial charge in [0.15, 0.2) is 12.6 Å². The molecule has 1 aromatic heterocycles. The molecule has 0 aliphatic heterocycles. The Labute approximate surface area is 140 Å². The molecule has 0 aromatic carbocycles. The number of halogens is 3. The van der Waals surface area contributed by atoms with Crippen molar-refractivity contribution in [1.29, 1.82) is 0 Å². The van der Waals surface area contributed by atoms with Gasteiger partial charge in [0.25, 0.3) is 6.43 Å². The average molecular weight is 414 g/mol. The lowest BCUT2D eigenvalue weighted by molar-refractivity contribution is 0.0795. The van der Waals surface area contributed by atoms with E-state index < -0.39 is 13.0 Å². The van der Waals surface area contributed by atoms with Crippen molar-refractivity contribution in [2.24, 2.45) is 10.7 Å². The third-order valence-electron chi connectivity index (χ3n) is 2.67. The second-order valence-corrected chi connectivity index (χ2v) is 4.05. The van der Waals surface area contributed by atoms with Gasteiger partial charge in [-0.05, 0) is 25.5 Å². The molecule has 5 nitrogen and oxygen atoms in total. The van der Waals surface area contributed by atoms with Gasteiger partial charge in [0.2, 0.25) is 5.88 Å². The fraction of sp³-hybridized carbons (Fsp3) is 0.538. The molecule has 0 bridgehead atoms. The minimum Gasteiger partial charge on any atom is -0.472 e. The number of pyridine rings is 1. The Morgan fingerprint density at radius 2 is 2.10 bits per heavy atom. The van der Waals surface area contributed by atoms with E-state index in [1.165, 1.54) is 6.20 Å². The largest absolute Gasteiger partial charge is 0.472 e. The van der Waals surface area contributed by atoms with Crippen LogP contribution in [-0.4, -0.2) is 42.0 Å². The number of guanidine groups is 1. The first kappa shape index (κ1) is 19.8. The van der Waals surface area contributed by atoms with Gasteiger partial charge < -0.3 is 15.4 Å². The summed E-state index contributed by atoms with van der Waals surface area (Å²) in [6.07, 6.45) is -1.02. The molecule has 21 heavy (non-hydrogen) atoms. The Morgan fingerprint density at radius 3 is 2.67 bits per heavy atom. The summed E-state index contributed by atoms with van der Waals surface area (Å²) in [4.78, 5) is 10.0. The SMILES string of the molecule is CCN(CC)C(N)=NCc1ccnc(OCC(F)F)c1.I. The average Bonchev–Trinajstić information content (AvgIpc) is 2.44. The number of aliphatic imine (C=N–C) groups is 1. The Bertz CT molecular complexity index is 442. The van der Waals surface area contributed by atoms with Crippen LogP contribution in [0, 0.1) is 0 Å². The zero-order chi connectivity index (χ0) is 15.0. The predicted molar refractivity (Wildman–Crippen MR) is 89.4 cm³/mol. The van der Waals surface area contributed by atoms with Crippen LogP contribution < -0.4 is 10.5 Å². The van der Waals surface area contributed by atoms with Crippen LogP contribution in [0.15, 0.2) is 23.3 Å². The van der Waals surface area contributed by atoms with Crippen LogP contribution in [0.4, 0.5) is 8.78 Å². The normalized spacial score (nSPS) is 11.2. The van der Waals surface area contributed by atoms with E-state index >= 15 is 0 Å². The van der Waals surface area contributed by atoms with Crippen molar-refractivity contribution in [3.05, 3.63) is 23.9 Å². The number of aromatic nitrogens is 1. The maximum absolute atomic E-state index is 12.0. The molecule has 0 aliphatic carbocycles. The van der Waals surface area contributed by atoms with E-state index in [1.54, 1.807) is 12.1 Å². The third kappa shape index (κ3) is 7.39. The molecule has 0 amide bonds. The molecule has 0 saturated carbocycles. The fourth-order valence-corrected chi connectivity index (χ4v) is 1.60. The van der Waals surface area contributed by atoms with Crippen LogP contribution >= 0.6 is 24.0 Å². The summed E-state index contributed by atoms with van der Waals surface area (Å²) >= 11 is 0. The molecule has 120 valence electrons. The Morgan fingerprint density at radius 1 is 1.43 bits per heavy atom. The smallest absolute Gasteiger partial charge is 0.272 e. The van der Waals surface area contributed by atoms with Gasteiger partial charge in [0.1, 0.15) is 0 Å². The van der Waals surface area contributed by atoms with E-state index in [4.69, 9.17) is 10.5 Å². The maximum Gasteiger partial charge on any atom is 0.272 e. The maximum atomic E-state index is 12.0. The van der Waals surface area contributed by atoms with Crippen molar-refractivity contribution in [1.82, 2.24) is 9.88 Å². The van der Waals surface area contributed by atoms with Gasteiger partial charge in [-0.3, -0.25) is 0 Å². The highest BCUT2D eigenvalue weighted by Crippen LogP contribution is 2.11. The zero-order valence-corrected chi connectivity index (χ0v) is 14.5. The van der Waals surface area contributed by atoms with Crippen molar-refractivity contribution in [3.8, 4) is 5.88 Å². The minimum absolute atomic E-state index is 0. The summed E-state index contributed by atoms with van der Waals surface area (Å²) < 4.78 is 28.9. The van der Waals surface area contributed by atoms with Crippen molar-refractivity contribution in [2.75, 3.05) is 19.7 Å². The monoisotopic (exact) mass is 414 g/mol. The summed E-state index contributed by atoms with van der Waals surface area (Å²) in [6.45, 7) is 5.25. The lowest BCUT2D eigenvalue weighted by Crippen LogP contribution is -2.37.